The quantitative estimate of drug-likeness (QED) is 0.312. The molecule has 0 aliphatic carbocycles. The summed E-state index contributed by atoms with van der Waals surface area (Å²) in [7, 11) is -2.57. The lowest BCUT2D eigenvalue weighted by molar-refractivity contribution is -0.104. The Kier molecular flexibility index (Phi) is 6.62. The van der Waals surface area contributed by atoms with Crippen LogP contribution < -0.4 is 10.4 Å². The van der Waals surface area contributed by atoms with Crippen molar-refractivity contribution < 1.29 is 9.22 Å². The van der Waals surface area contributed by atoms with Gasteiger partial charge in [-0.25, -0.2) is 4.98 Å². The number of thiazole rings is 1. The van der Waals surface area contributed by atoms with Crippen LogP contribution in [0.2, 0.25) is 5.04 Å². The zero-order chi connectivity index (χ0) is 20.9. The summed E-state index contributed by atoms with van der Waals surface area (Å²) < 4.78 is 6.89. The summed E-state index contributed by atoms with van der Waals surface area (Å²) in [4.78, 5) is 15.5. The third-order valence-corrected chi connectivity index (χ3v) is 10.8. The molecule has 0 fully saturated rings. The van der Waals surface area contributed by atoms with E-state index in [0.29, 0.717) is 12.2 Å². The van der Waals surface area contributed by atoms with Crippen molar-refractivity contribution in [3.05, 3.63) is 82.3 Å². The van der Waals surface area contributed by atoms with Crippen molar-refractivity contribution in [2.24, 2.45) is 0 Å². The molecule has 1 aromatic heterocycles. The van der Waals surface area contributed by atoms with Crippen molar-refractivity contribution in [2.45, 2.75) is 39.3 Å². The number of hydrogen-bond acceptors (Lipinski definition) is 4. The first-order valence-corrected chi connectivity index (χ1v) is 12.5. The molecule has 1 heterocycles. The van der Waals surface area contributed by atoms with Gasteiger partial charge in [-0.1, -0.05) is 81.4 Å². The molecule has 0 radical (unpaired) electrons. The van der Waals surface area contributed by atoms with Gasteiger partial charge in [0.25, 0.3) is 8.32 Å². The summed E-state index contributed by atoms with van der Waals surface area (Å²) in [6.07, 6.45) is 2.65. The van der Waals surface area contributed by atoms with Crippen LogP contribution in [0.4, 0.5) is 0 Å². The van der Waals surface area contributed by atoms with Gasteiger partial charge in [0, 0.05) is 5.38 Å². The van der Waals surface area contributed by atoms with E-state index in [-0.39, 0.29) is 5.04 Å². The summed E-state index contributed by atoms with van der Waals surface area (Å²) in [5, 5.41) is 5.34. The fraction of sp³-hybridized carbons (Fsp3) is 0.250. The van der Waals surface area contributed by atoms with E-state index in [0.717, 1.165) is 17.0 Å². The van der Waals surface area contributed by atoms with E-state index in [9.17, 15) is 4.79 Å². The van der Waals surface area contributed by atoms with E-state index in [2.05, 4.69) is 74.3 Å². The molecule has 0 bridgehead atoms. The number of carbonyl (C=O) groups is 1. The number of benzene rings is 2. The van der Waals surface area contributed by atoms with Crippen LogP contribution in [0.5, 0.6) is 0 Å². The van der Waals surface area contributed by atoms with Crippen molar-refractivity contribution in [3.63, 3.8) is 0 Å². The first kappa shape index (κ1) is 21.4. The fourth-order valence-corrected chi connectivity index (χ4v) is 8.93. The molecule has 0 aliphatic heterocycles. The van der Waals surface area contributed by atoms with Gasteiger partial charge in [-0.05, 0) is 34.0 Å². The van der Waals surface area contributed by atoms with E-state index in [4.69, 9.17) is 4.43 Å². The van der Waals surface area contributed by atoms with Crippen molar-refractivity contribution in [1.29, 1.82) is 0 Å². The van der Waals surface area contributed by atoms with E-state index in [1.54, 1.807) is 24.3 Å². The van der Waals surface area contributed by atoms with Gasteiger partial charge in [-0.2, -0.15) is 0 Å². The van der Waals surface area contributed by atoms with Crippen LogP contribution in [-0.4, -0.2) is 19.6 Å². The van der Waals surface area contributed by atoms with Crippen LogP contribution in [-0.2, 0) is 15.8 Å². The highest BCUT2D eigenvalue weighted by Crippen LogP contribution is 2.37. The Hall–Kier alpha value is -2.34. The van der Waals surface area contributed by atoms with Crippen molar-refractivity contribution in [3.8, 4) is 0 Å². The molecular weight excluding hydrogens is 394 g/mol. The van der Waals surface area contributed by atoms with Crippen molar-refractivity contribution in [1.82, 2.24) is 4.98 Å². The molecule has 0 spiro atoms. The predicted octanol–water partition coefficient (Wildman–Crippen LogP) is 4.82. The van der Waals surface area contributed by atoms with Crippen LogP contribution in [0.1, 0.15) is 38.4 Å². The molecule has 0 atom stereocenters. The molecule has 5 heteroatoms. The van der Waals surface area contributed by atoms with Crippen molar-refractivity contribution >= 4 is 42.4 Å². The number of allylic oxidation sites excluding steroid dienone is 1. The van der Waals surface area contributed by atoms with Crippen molar-refractivity contribution in [2.75, 3.05) is 0 Å². The number of nitrogens with zero attached hydrogens (tertiary/aromatic N) is 1. The largest absolute Gasteiger partial charge is 0.401 e. The standard InChI is InChI=1S/C24H27NO2SSi/c1-19(16-26)15-20-18-28-23(25-20)17-27-29(24(2,3)4,21-11-7-5-8-12-21)22-13-9-6-10-14-22/h5-16,18H,17H2,1-4H3/b19-15+. The minimum atomic E-state index is -2.57. The number of hydrogen-bond donors (Lipinski definition) is 0. The van der Waals surface area contributed by atoms with E-state index >= 15 is 0 Å². The molecule has 3 rings (SSSR count). The second-order valence-corrected chi connectivity index (χ2v) is 13.4. The summed E-state index contributed by atoms with van der Waals surface area (Å²) in [5.74, 6) is 0. The molecule has 0 saturated carbocycles. The maximum Gasteiger partial charge on any atom is 0.261 e. The molecule has 3 nitrogen and oxygen atoms in total. The zero-order valence-electron chi connectivity index (χ0n) is 17.4. The first-order valence-electron chi connectivity index (χ1n) is 9.70. The second kappa shape index (κ2) is 8.99. The summed E-state index contributed by atoms with van der Waals surface area (Å²) in [6, 6.07) is 21.2. The topological polar surface area (TPSA) is 39.2 Å². The SMILES string of the molecule is C/C(C=O)=C\c1csc(CO[Si](c2ccccc2)(c2ccccc2)C(C)(C)C)n1. The Morgan fingerprint density at radius 1 is 1.03 bits per heavy atom. The summed E-state index contributed by atoms with van der Waals surface area (Å²) in [6.45, 7) is 9.03. The smallest absolute Gasteiger partial charge is 0.261 e. The molecule has 29 heavy (non-hydrogen) atoms. The molecule has 0 N–H and O–H groups in total. The molecule has 0 amide bonds. The lowest BCUT2D eigenvalue weighted by atomic mass is 10.2. The van der Waals surface area contributed by atoms with Crippen LogP contribution in [0.3, 0.4) is 0 Å². The molecule has 0 unspecified atom stereocenters. The number of rotatable bonds is 7. The molecular formula is C24H27NO2SSi. The van der Waals surface area contributed by atoms with Gasteiger partial charge in [-0.3, -0.25) is 4.79 Å². The zero-order valence-corrected chi connectivity index (χ0v) is 19.2. The summed E-state index contributed by atoms with van der Waals surface area (Å²) >= 11 is 1.57. The minimum Gasteiger partial charge on any atom is -0.401 e. The molecule has 0 saturated heterocycles. The Balaban J connectivity index is 2.01. The maximum absolute atomic E-state index is 10.9. The highest BCUT2D eigenvalue weighted by molar-refractivity contribution is 7.09. The number of aldehydes is 1. The Morgan fingerprint density at radius 2 is 1.59 bits per heavy atom. The lowest BCUT2D eigenvalue weighted by Gasteiger charge is -2.42. The Labute approximate surface area is 178 Å². The van der Waals surface area contributed by atoms with Gasteiger partial charge in [0.15, 0.2) is 0 Å². The Morgan fingerprint density at radius 3 is 2.07 bits per heavy atom. The minimum absolute atomic E-state index is 0.0657. The predicted molar refractivity (Wildman–Crippen MR) is 124 cm³/mol. The van der Waals surface area contributed by atoms with Gasteiger partial charge in [0.1, 0.15) is 11.3 Å². The van der Waals surface area contributed by atoms with E-state index in [1.807, 2.05) is 17.5 Å². The molecule has 0 aliphatic rings. The maximum atomic E-state index is 10.9. The van der Waals surface area contributed by atoms with E-state index in [1.165, 1.54) is 10.4 Å². The van der Waals surface area contributed by atoms with E-state index < -0.39 is 8.32 Å². The average molecular weight is 422 g/mol. The van der Waals surface area contributed by atoms with Gasteiger partial charge < -0.3 is 4.43 Å². The lowest BCUT2D eigenvalue weighted by Crippen LogP contribution is -2.66. The normalized spacial score (nSPS) is 12.8. The molecule has 3 aromatic rings. The number of carbonyl (C=O) groups excluding carboxylic acids is 1. The van der Waals surface area contributed by atoms with Gasteiger partial charge in [-0.15, -0.1) is 11.3 Å². The van der Waals surface area contributed by atoms with Crippen LogP contribution in [0.25, 0.3) is 6.08 Å². The number of aromatic nitrogens is 1. The average Bonchev–Trinajstić information content (AvgIpc) is 3.16. The third-order valence-electron chi connectivity index (χ3n) is 4.96. The second-order valence-electron chi connectivity index (χ2n) is 8.12. The van der Waals surface area contributed by atoms with Crippen LogP contribution in [0.15, 0.2) is 71.6 Å². The first-order chi connectivity index (χ1) is 13.9. The molecule has 2 aromatic carbocycles. The van der Waals surface area contributed by atoms with Gasteiger partial charge >= 0.3 is 0 Å². The molecule has 150 valence electrons. The van der Waals surface area contributed by atoms with Crippen LogP contribution >= 0.6 is 11.3 Å². The van der Waals surface area contributed by atoms with Gasteiger partial charge in [0.2, 0.25) is 0 Å². The highest BCUT2D eigenvalue weighted by Gasteiger charge is 2.50. The van der Waals surface area contributed by atoms with Crippen LogP contribution in [0, 0.1) is 0 Å². The Bertz CT molecular complexity index is 935. The van der Waals surface area contributed by atoms with Gasteiger partial charge in [0.05, 0.1) is 12.3 Å². The third kappa shape index (κ3) is 4.64. The highest BCUT2D eigenvalue weighted by atomic mass is 32.1. The monoisotopic (exact) mass is 421 g/mol. The summed E-state index contributed by atoms with van der Waals surface area (Å²) in [5.41, 5.74) is 1.47. The fourth-order valence-electron chi connectivity index (χ4n) is 3.66.